The molecule has 22 heavy (non-hydrogen) atoms. The average molecular weight is 379 g/mol. The minimum atomic E-state index is -0.0787. The van der Waals surface area contributed by atoms with Gasteiger partial charge in [0.25, 0.3) is 0 Å². The number of nitrogens with zero attached hydrogens (tertiary/aromatic N) is 1. The highest BCUT2D eigenvalue weighted by atomic mass is 79.9. The normalized spacial score (nSPS) is 12.7. The van der Waals surface area contributed by atoms with Gasteiger partial charge >= 0.3 is 0 Å². The van der Waals surface area contributed by atoms with Crippen molar-refractivity contribution in [2.75, 3.05) is 20.6 Å². The largest absolute Gasteiger partial charge is 0.351 e. The van der Waals surface area contributed by atoms with Crippen LogP contribution >= 0.6 is 27.3 Å². The van der Waals surface area contributed by atoms with E-state index in [9.17, 15) is 4.79 Å². The van der Waals surface area contributed by atoms with Gasteiger partial charge in [-0.05, 0) is 60.3 Å². The van der Waals surface area contributed by atoms with Crippen molar-refractivity contribution in [3.63, 3.8) is 0 Å². The highest BCUT2D eigenvalue weighted by Gasteiger charge is 2.14. The molecule has 1 aromatic heterocycles. The lowest BCUT2D eigenvalue weighted by Gasteiger charge is -2.23. The van der Waals surface area contributed by atoms with Gasteiger partial charge in [0.05, 0.1) is 6.04 Å². The molecule has 1 heterocycles. The fourth-order valence-corrected chi connectivity index (χ4v) is 3.04. The number of likely N-dealkylation sites (N-methyl/N-ethyl adjacent to an activating group) is 1. The van der Waals surface area contributed by atoms with E-state index in [1.165, 1.54) is 5.56 Å². The first-order valence-corrected chi connectivity index (χ1v) is 8.70. The van der Waals surface area contributed by atoms with Gasteiger partial charge in [0.1, 0.15) is 0 Å². The molecule has 0 aliphatic heterocycles. The van der Waals surface area contributed by atoms with Gasteiger partial charge in [-0.2, -0.15) is 11.3 Å². The highest BCUT2D eigenvalue weighted by molar-refractivity contribution is 9.10. The molecule has 0 radical (unpaired) electrons. The van der Waals surface area contributed by atoms with E-state index in [0.29, 0.717) is 6.54 Å². The zero-order valence-electron chi connectivity index (χ0n) is 12.6. The Bertz CT molecular complexity index is 621. The molecule has 116 valence electrons. The molecule has 0 spiro atoms. The summed E-state index contributed by atoms with van der Waals surface area (Å²) in [4.78, 5) is 14.1. The van der Waals surface area contributed by atoms with Crippen LogP contribution in [0.1, 0.15) is 17.2 Å². The minimum absolute atomic E-state index is 0.0787. The standard InChI is InChI=1S/C17H19BrN2OS/c1-20(2)16(14-9-10-22-12-14)11-19-17(21)8-5-13-3-6-15(18)7-4-13/h3-10,12,16H,11H2,1-2H3,(H,19,21)/b8-5+/t16-/m1/s1. The van der Waals surface area contributed by atoms with Crippen molar-refractivity contribution in [3.8, 4) is 0 Å². The van der Waals surface area contributed by atoms with Gasteiger partial charge in [-0.3, -0.25) is 4.79 Å². The summed E-state index contributed by atoms with van der Waals surface area (Å²) in [5.74, 6) is -0.0787. The van der Waals surface area contributed by atoms with Gasteiger partial charge in [-0.15, -0.1) is 0 Å². The van der Waals surface area contributed by atoms with Crippen LogP contribution in [0.15, 0.2) is 51.6 Å². The molecule has 5 heteroatoms. The maximum absolute atomic E-state index is 12.0. The van der Waals surface area contributed by atoms with Crippen LogP contribution in [0.5, 0.6) is 0 Å². The van der Waals surface area contributed by atoms with Gasteiger partial charge < -0.3 is 10.2 Å². The van der Waals surface area contributed by atoms with Gasteiger partial charge in [0.2, 0.25) is 5.91 Å². The van der Waals surface area contributed by atoms with E-state index in [0.717, 1.165) is 10.0 Å². The first kappa shape index (κ1) is 16.9. The zero-order chi connectivity index (χ0) is 15.9. The van der Waals surface area contributed by atoms with Crippen molar-refractivity contribution in [3.05, 3.63) is 62.8 Å². The third-order valence-electron chi connectivity index (χ3n) is 3.32. The number of benzene rings is 1. The molecule has 1 N–H and O–H groups in total. The molecule has 2 rings (SSSR count). The number of nitrogens with one attached hydrogen (secondary N) is 1. The number of rotatable bonds is 6. The quantitative estimate of drug-likeness (QED) is 0.771. The van der Waals surface area contributed by atoms with Gasteiger partial charge in [0, 0.05) is 17.1 Å². The Kier molecular flexibility index (Phi) is 6.36. The predicted octanol–water partition coefficient (Wildman–Crippen LogP) is 3.94. The van der Waals surface area contributed by atoms with E-state index in [4.69, 9.17) is 0 Å². The number of thiophene rings is 1. The summed E-state index contributed by atoms with van der Waals surface area (Å²) in [6.07, 6.45) is 3.39. The van der Waals surface area contributed by atoms with E-state index in [1.807, 2.05) is 44.4 Å². The van der Waals surface area contributed by atoms with Gasteiger partial charge in [-0.25, -0.2) is 0 Å². The van der Waals surface area contributed by atoms with Gasteiger partial charge in [0.15, 0.2) is 0 Å². The van der Waals surface area contributed by atoms with Crippen LogP contribution < -0.4 is 5.32 Å². The highest BCUT2D eigenvalue weighted by Crippen LogP contribution is 2.19. The third-order valence-corrected chi connectivity index (χ3v) is 4.55. The number of carbonyl (C=O) groups excluding carboxylic acids is 1. The van der Waals surface area contributed by atoms with Crippen LogP contribution in [0, 0.1) is 0 Å². The summed E-state index contributed by atoms with van der Waals surface area (Å²) in [6, 6.07) is 10.1. The molecule has 2 aromatic rings. The van der Waals surface area contributed by atoms with Crippen molar-refractivity contribution in [1.82, 2.24) is 10.2 Å². The van der Waals surface area contributed by atoms with Crippen LogP contribution in [-0.2, 0) is 4.79 Å². The smallest absolute Gasteiger partial charge is 0.244 e. The van der Waals surface area contributed by atoms with Crippen molar-refractivity contribution in [2.45, 2.75) is 6.04 Å². The molecule has 1 atom stereocenters. The molecule has 0 bridgehead atoms. The molecule has 0 unspecified atom stereocenters. The van der Waals surface area contributed by atoms with Crippen molar-refractivity contribution >= 4 is 39.2 Å². The summed E-state index contributed by atoms with van der Waals surface area (Å²) in [6.45, 7) is 0.591. The molecule has 0 saturated heterocycles. The van der Waals surface area contributed by atoms with E-state index in [1.54, 1.807) is 17.4 Å². The molecule has 0 aliphatic rings. The SMILES string of the molecule is CN(C)[C@H](CNC(=O)/C=C/c1ccc(Br)cc1)c1ccsc1. The van der Waals surface area contributed by atoms with E-state index in [-0.39, 0.29) is 11.9 Å². The Balaban J connectivity index is 1.90. The molecular formula is C17H19BrN2OS. The molecule has 1 aromatic carbocycles. The first-order chi connectivity index (χ1) is 10.6. The lowest BCUT2D eigenvalue weighted by Crippen LogP contribution is -2.33. The number of hydrogen-bond acceptors (Lipinski definition) is 3. The fraction of sp³-hybridized carbons (Fsp3) is 0.235. The minimum Gasteiger partial charge on any atom is -0.351 e. The third kappa shape index (κ3) is 5.09. The number of halogens is 1. The summed E-state index contributed by atoms with van der Waals surface area (Å²) in [7, 11) is 4.04. The average Bonchev–Trinajstić information content (AvgIpc) is 3.00. The molecule has 0 saturated carbocycles. The Morgan fingerprint density at radius 3 is 2.64 bits per heavy atom. The van der Waals surface area contributed by atoms with Crippen LogP contribution in [-0.4, -0.2) is 31.4 Å². The molecule has 1 amide bonds. The zero-order valence-corrected chi connectivity index (χ0v) is 15.0. The Hall–Kier alpha value is -1.43. The monoisotopic (exact) mass is 378 g/mol. The Labute approximate surface area is 143 Å². The molecular weight excluding hydrogens is 360 g/mol. The van der Waals surface area contributed by atoms with Crippen molar-refractivity contribution in [1.29, 1.82) is 0 Å². The van der Waals surface area contributed by atoms with Gasteiger partial charge in [-0.1, -0.05) is 28.1 Å². The van der Waals surface area contributed by atoms with Crippen LogP contribution in [0.25, 0.3) is 6.08 Å². The van der Waals surface area contributed by atoms with E-state index >= 15 is 0 Å². The maximum Gasteiger partial charge on any atom is 0.244 e. The van der Waals surface area contributed by atoms with Crippen LogP contribution in [0.2, 0.25) is 0 Å². The second-order valence-corrected chi connectivity index (χ2v) is 6.86. The second kappa shape index (κ2) is 8.27. The summed E-state index contributed by atoms with van der Waals surface area (Å²) in [5.41, 5.74) is 2.23. The fourth-order valence-electron chi connectivity index (χ4n) is 2.07. The molecule has 0 aliphatic carbocycles. The predicted molar refractivity (Wildman–Crippen MR) is 96.9 cm³/mol. The molecule has 0 fully saturated rings. The number of amides is 1. The number of carbonyl (C=O) groups is 1. The molecule has 3 nitrogen and oxygen atoms in total. The summed E-state index contributed by atoms with van der Waals surface area (Å²) in [5, 5.41) is 7.14. The van der Waals surface area contributed by atoms with E-state index in [2.05, 4.69) is 43.0 Å². The Morgan fingerprint density at radius 2 is 2.05 bits per heavy atom. The van der Waals surface area contributed by atoms with Crippen LogP contribution in [0.4, 0.5) is 0 Å². The van der Waals surface area contributed by atoms with E-state index < -0.39 is 0 Å². The second-order valence-electron chi connectivity index (χ2n) is 5.17. The lowest BCUT2D eigenvalue weighted by atomic mass is 10.1. The first-order valence-electron chi connectivity index (χ1n) is 6.96. The summed E-state index contributed by atoms with van der Waals surface area (Å²) >= 11 is 5.06. The Morgan fingerprint density at radius 1 is 1.32 bits per heavy atom. The van der Waals surface area contributed by atoms with Crippen molar-refractivity contribution < 1.29 is 4.79 Å². The van der Waals surface area contributed by atoms with Crippen molar-refractivity contribution in [2.24, 2.45) is 0 Å². The topological polar surface area (TPSA) is 32.3 Å². The number of hydrogen-bond donors (Lipinski definition) is 1. The maximum atomic E-state index is 12.0. The summed E-state index contributed by atoms with van der Waals surface area (Å²) < 4.78 is 1.03. The lowest BCUT2D eigenvalue weighted by molar-refractivity contribution is -0.116. The van der Waals surface area contributed by atoms with Crippen LogP contribution in [0.3, 0.4) is 0 Å².